The van der Waals surface area contributed by atoms with Crippen LogP contribution in [0.4, 0.5) is 0 Å². The molecule has 152 valence electrons. The predicted molar refractivity (Wildman–Crippen MR) is 114 cm³/mol. The van der Waals surface area contributed by atoms with Crippen LogP contribution in [-0.4, -0.2) is 23.2 Å². The van der Waals surface area contributed by atoms with Gasteiger partial charge in [0.2, 0.25) is 5.91 Å². The van der Waals surface area contributed by atoms with Gasteiger partial charge in [0, 0.05) is 36.2 Å². The largest absolute Gasteiger partial charge is 0.459 e. The average molecular weight is 400 g/mol. The molecule has 0 spiro atoms. The lowest BCUT2D eigenvalue weighted by Gasteiger charge is -2.32. The first-order valence-electron chi connectivity index (χ1n) is 10.5. The Bertz CT molecular complexity index is 1160. The molecule has 1 fully saturated rings. The molecular weight excluding hydrogens is 376 g/mol. The number of carbonyl (C=O) groups is 2. The first-order chi connectivity index (χ1) is 14.5. The summed E-state index contributed by atoms with van der Waals surface area (Å²) in [5, 5.41) is 3.07. The quantitative estimate of drug-likeness (QED) is 0.706. The van der Waals surface area contributed by atoms with Crippen molar-refractivity contribution in [3.63, 3.8) is 0 Å². The number of allylic oxidation sites excluding steroid dienone is 2. The van der Waals surface area contributed by atoms with E-state index in [1.807, 2.05) is 31.2 Å². The van der Waals surface area contributed by atoms with E-state index in [9.17, 15) is 9.59 Å². The van der Waals surface area contributed by atoms with Crippen molar-refractivity contribution >= 4 is 22.8 Å². The summed E-state index contributed by atoms with van der Waals surface area (Å²) in [6.07, 6.45) is 7.08. The molecule has 0 radical (unpaired) electrons. The molecule has 3 heterocycles. The predicted octanol–water partition coefficient (Wildman–Crippen LogP) is 4.43. The van der Waals surface area contributed by atoms with E-state index >= 15 is 0 Å². The van der Waals surface area contributed by atoms with Crippen LogP contribution in [-0.2, 0) is 16.6 Å². The number of hydrogen-bond acceptors (Lipinski definition) is 4. The van der Waals surface area contributed by atoms with Crippen LogP contribution >= 0.6 is 0 Å². The van der Waals surface area contributed by atoms with Gasteiger partial charge >= 0.3 is 0 Å². The number of amides is 1. The molecule has 2 aliphatic rings. The van der Waals surface area contributed by atoms with Crippen molar-refractivity contribution in [3.05, 3.63) is 76.7 Å². The fourth-order valence-electron chi connectivity index (χ4n) is 4.79. The van der Waals surface area contributed by atoms with Gasteiger partial charge < -0.3 is 9.73 Å². The molecule has 1 amide bonds. The Morgan fingerprint density at radius 2 is 2.10 bits per heavy atom. The summed E-state index contributed by atoms with van der Waals surface area (Å²) in [6.45, 7) is 2.50. The van der Waals surface area contributed by atoms with Crippen molar-refractivity contribution in [2.45, 2.75) is 44.4 Å². The third-order valence-corrected chi connectivity index (χ3v) is 6.34. The highest BCUT2D eigenvalue weighted by Gasteiger charge is 2.39. The molecular formula is C25H24N2O3. The van der Waals surface area contributed by atoms with Gasteiger partial charge in [-0.25, -0.2) is 0 Å². The fourth-order valence-corrected chi connectivity index (χ4v) is 4.79. The maximum Gasteiger partial charge on any atom is 0.220 e. The molecule has 1 unspecified atom stereocenters. The number of aryl methyl sites for hydroxylation is 1. The van der Waals surface area contributed by atoms with E-state index in [2.05, 4.69) is 22.4 Å². The minimum atomic E-state index is -0.388. The second-order valence-electron chi connectivity index (χ2n) is 8.59. The van der Waals surface area contributed by atoms with E-state index < -0.39 is 0 Å². The van der Waals surface area contributed by atoms with Crippen molar-refractivity contribution in [1.29, 1.82) is 0 Å². The highest BCUT2D eigenvalue weighted by atomic mass is 16.3. The third kappa shape index (κ3) is 3.34. The number of ketones is 1. The number of nitrogens with zero attached hydrogens (tertiary/aromatic N) is 1. The maximum atomic E-state index is 12.8. The van der Waals surface area contributed by atoms with E-state index in [1.54, 1.807) is 12.3 Å². The van der Waals surface area contributed by atoms with E-state index in [1.165, 1.54) is 0 Å². The second-order valence-corrected chi connectivity index (χ2v) is 8.59. The molecule has 5 rings (SSSR count). The number of carbonyl (C=O) groups excluding carboxylic acids is 2. The first-order valence-corrected chi connectivity index (χ1v) is 10.5. The molecule has 3 aromatic rings. The molecule has 0 saturated carbocycles. The summed E-state index contributed by atoms with van der Waals surface area (Å²) in [5.41, 5.74) is 5.23. The molecule has 1 aromatic carbocycles. The topological polar surface area (TPSA) is 72.2 Å². The van der Waals surface area contributed by atoms with Gasteiger partial charge in [-0.3, -0.25) is 14.6 Å². The normalized spacial score (nSPS) is 21.7. The molecule has 1 atom stereocenters. The Morgan fingerprint density at radius 1 is 1.20 bits per heavy atom. The molecule has 1 saturated heterocycles. The van der Waals surface area contributed by atoms with Crippen LogP contribution in [0.3, 0.4) is 0 Å². The van der Waals surface area contributed by atoms with E-state index in [0.717, 1.165) is 58.4 Å². The molecule has 0 bridgehead atoms. The van der Waals surface area contributed by atoms with Crippen LogP contribution < -0.4 is 5.32 Å². The third-order valence-electron chi connectivity index (χ3n) is 6.34. The first kappa shape index (κ1) is 18.8. The number of nitrogens with one attached hydrogen (secondary N) is 1. The Hall–Kier alpha value is -3.21. The van der Waals surface area contributed by atoms with Gasteiger partial charge in [0.1, 0.15) is 11.3 Å². The highest BCUT2D eigenvalue weighted by molar-refractivity contribution is 6.07. The number of hydrogen-bond donors (Lipinski definition) is 1. The minimum Gasteiger partial charge on any atom is -0.459 e. The lowest BCUT2D eigenvalue weighted by Crippen LogP contribution is -2.39. The Kier molecular flexibility index (Phi) is 4.54. The molecule has 30 heavy (non-hydrogen) atoms. The summed E-state index contributed by atoms with van der Waals surface area (Å²) in [4.78, 5) is 29.3. The van der Waals surface area contributed by atoms with Crippen molar-refractivity contribution in [2.75, 3.05) is 6.54 Å². The van der Waals surface area contributed by atoms with Gasteiger partial charge in [0.15, 0.2) is 11.4 Å². The zero-order valence-corrected chi connectivity index (χ0v) is 17.0. The van der Waals surface area contributed by atoms with Crippen LogP contribution in [0.25, 0.3) is 11.1 Å². The standard InChI is InChI=1S/C25H24N2O3/c1-16-6-7-18-11-17(12-21(28)19(18)10-16)14-25(8-2-5-24(29)27-15-25)23-13-20-22(30-23)4-3-9-26-20/h3-4,6-7,9-10,12-13H,2,5,8,11,14-15H2,1H3,(H,27,29). The number of aromatic nitrogens is 1. The van der Waals surface area contributed by atoms with Crippen LogP contribution in [0, 0.1) is 6.92 Å². The monoisotopic (exact) mass is 400 g/mol. The Labute approximate surface area is 175 Å². The number of fused-ring (bicyclic) bond motifs is 2. The molecule has 1 aliphatic heterocycles. The van der Waals surface area contributed by atoms with Crippen LogP contribution in [0.15, 0.2) is 58.7 Å². The van der Waals surface area contributed by atoms with Crippen LogP contribution in [0.1, 0.15) is 52.9 Å². The summed E-state index contributed by atoms with van der Waals surface area (Å²) in [6, 6.07) is 11.9. The lowest BCUT2D eigenvalue weighted by atomic mass is 9.73. The van der Waals surface area contributed by atoms with Gasteiger partial charge in [-0.1, -0.05) is 23.3 Å². The van der Waals surface area contributed by atoms with Gasteiger partial charge in [-0.05, 0) is 62.4 Å². The smallest absolute Gasteiger partial charge is 0.220 e. The van der Waals surface area contributed by atoms with E-state index in [-0.39, 0.29) is 17.1 Å². The van der Waals surface area contributed by atoms with Crippen molar-refractivity contribution in [3.8, 4) is 0 Å². The molecule has 5 nitrogen and oxygen atoms in total. The van der Waals surface area contributed by atoms with Crippen molar-refractivity contribution < 1.29 is 14.0 Å². The zero-order valence-electron chi connectivity index (χ0n) is 17.0. The zero-order chi connectivity index (χ0) is 20.7. The van der Waals surface area contributed by atoms with Crippen LogP contribution in [0.5, 0.6) is 0 Å². The lowest BCUT2D eigenvalue weighted by molar-refractivity contribution is -0.120. The second kappa shape index (κ2) is 7.24. The number of rotatable bonds is 3. The number of pyridine rings is 1. The number of benzene rings is 1. The highest BCUT2D eigenvalue weighted by Crippen LogP contribution is 2.41. The van der Waals surface area contributed by atoms with Gasteiger partial charge in [0.25, 0.3) is 0 Å². The summed E-state index contributed by atoms with van der Waals surface area (Å²) < 4.78 is 6.23. The molecule has 1 N–H and O–H groups in total. The number of furan rings is 1. The molecule has 2 aromatic heterocycles. The SMILES string of the molecule is Cc1ccc2c(c1)C(=O)C=C(CC1(c3cc4ncccc4o3)CCCC(=O)NC1)C2. The minimum absolute atomic E-state index is 0.0639. The van der Waals surface area contributed by atoms with Gasteiger partial charge in [0.05, 0.1) is 0 Å². The average Bonchev–Trinajstić information content (AvgIpc) is 3.09. The Morgan fingerprint density at radius 3 is 2.97 bits per heavy atom. The molecule has 1 aliphatic carbocycles. The van der Waals surface area contributed by atoms with Gasteiger partial charge in [-0.15, -0.1) is 0 Å². The summed E-state index contributed by atoms with van der Waals surface area (Å²) in [7, 11) is 0. The fraction of sp³-hybridized carbons (Fsp3) is 0.320. The van der Waals surface area contributed by atoms with E-state index in [4.69, 9.17) is 4.42 Å². The maximum absolute atomic E-state index is 12.8. The van der Waals surface area contributed by atoms with Gasteiger partial charge in [-0.2, -0.15) is 0 Å². The van der Waals surface area contributed by atoms with Crippen molar-refractivity contribution in [2.24, 2.45) is 0 Å². The Balaban J connectivity index is 1.54. The molecule has 5 heteroatoms. The van der Waals surface area contributed by atoms with E-state index in [0.29, 0.717) is 19.4 Å². The van der Waals surface area contributed by atoms with Crippen molar-refractivity contribution in [1.82, 2.24) is 10.3 Å². The van der Waals surface area contributed by atoms with Crippen LogP contribution in [0.2, 0.25) is 0 Å². The summed E-state index contributed by atoms with van der Waals surface area (Å²) >= 11 is 0. The summed E-state index contributed by atoms with van der Waals surface area (Å²) in [5.74, 6) is 0.969.